The summed E-state index contributed by atoms with van der Waals surface area (Å²) in [6.45, 7) is 10.9. The SMILES string of the molecule is CC(C)Oc1ccc(Br)cc1C(=O)NC1CCC(C(C)(C)C)CC1. The lowest BCUT2D eigenvalue weighted by molar-refractivity contribution is 0.0898. The van der Waals surface area contributed by atoms with Crippen molar-refractivity contribution in [2.45, 2.75) is 72.4 Å². The van der Waals surface area contributed by atoms with Crippen molar-refractivity contribution in [1.82, 2.24) is 5.32 Å². The maximum atomic E-state index is 12.7. The highest BCUT2D eigenvalue weighted by molar-refractivity contribution is 9.10. The summed E-state index contributed by atoms with van der Waals surface area (Å²) in [5.74, 6) is 1.36. The zero-order valence-electron chi connectivity index (χ0n) is 15.5. The number of carbonyl (C=O) groups is 1. The van der Waals surface area contributed by atoms with Gasteiger partial charge in [-0.25, -0.2) is 0 Å². The van der Waals surface area contributed by atoms with E-state index < -0.39 is 0 Å². The van der Waals surface area contributed by atoms with Crippen molar-refractivity contribution in [3.05, 3.63) is 28.2 Å². The molecule has 2 rings (SSSR count). The molecule has 4 heteroatoms. The van der Waals surface area contributed by atoms with Crippen LogP contribution in [0.3, 0.4) is 0 Å². The van der Waals surface area contributed by atoms with E-state index in [9.17, 15) is 4.79 Å². The van der Waals surface area contributed by atoms with Gasteiger partial charge in [-0.15, -0.1) is 0 Å². The molecule has 24 heavy (non-hydrogen) atoms. The van der Waals surface area contributed by atoms with Gasteiger partial charge < -0.3 is 10.1 Å². The van der Waals surface area contributed by atoms with E-state index in [4.69, 9.17) is 4.74 Å². The molecule has 1 aliphatic rings. The van der Waals surface area contributed by atoms with E-state index in [0.29, 0.717) is 16.7 Å². The molecule has 0 heterocycles. The third-order valence-corrected chi connectivity index (χ3v) is 5.33. The Bertz CT molecular complexity index is 569. The van der Waals surface area contributed by atoms with Crippen LogP contribution in [0.25, 0.3) is 0 Å². The van der Waals surface area contributed by atoms with Gasteiger partial charge in [0.1, 0.15) is 5.75 Å². The van der Waals surface area contributed by atoms with Crippen LogP contribution in [-0.4, -0.2) is 18.1 Å². The summed E-state index contributed by atoms with van der Waals surface area (Å²) in [5, 5.41) is 3.21. The molecule has 0 bridgehead atoms. The molecule has 0 saturated heterocycles. The number of ether oxygens (including phenoxy) is 1. The second-order valence-corrected chi connectivity index (χ2v) is 9.11. The molecule has 1 aromatic rings. The van der Waals surface area contributed by atoms with Crippen molar-refractivity contribution in [1.29, 1.82) is 0 Å². The first-order valence-electron chi connectivity index (χ1n) is 8.94. The van der Waals surface area contributed by atoms with Crippen molar-refractivity contribution >= 4 is 21.8 Å². The van der Waals surface area contributed by atoms with E-state index in [0.717, 1.165) is 23.2 Å². The molecule has 134 valence electrons. The Labute approximate surface area is 154 Å². The van der Waals surface area contributed by atoms with Crippen LogP contribution in [0.15, 0.2) is 22.7 Å². The van der Waals surface area contributed by atoms with Crippen LogP contribution in [0, 0.1) is 11.3 Å². The summed E-state index contributed by atoms with van der Waals surface area (Å²) < 4.78 is 6.68. The van der Waals surface area contributed by atoms with Gasteiger partial charge in [-0.1, -0.05) is 36.7 Å². The first-order chi connectivity index (χ1) is 11.2. The highest BCUT2D eigenvalue weighted by Crippen LogP contribution is 2.38. The Balaban J connectivity index is 2.02. The van der Waals surface area contributed by atoms with Gasteiger partial charge >= 0.3 is 0 Å². The monoisotopic (exact) mass is 395 g/mol. The number of hydrogen-bond donors (Lipinski definition) is 1. The third-order valence-electron chi connectivity index (χ3n) is 4.84. The molecule has 0 unspecified atom stereocenters. The van der Waals surface area contributed by atoms with Gasteiger partial charge in [0.2, 0.25) is 0 Å². The van der Waals surface area contributed by atoms with Crippen LogP contribution in [0.1, 0.15) is 70.7 Å². The predicted octanol–water partition coefficient (Wildman–Crippen LogP) is 5.57. The fraction of sp³-hybridized carbons (Fsp3) is 0.650. The van der Waals surface area contributed by atoms with Gasteiger partial charge in [0, 0.05) is 10.5 Å². The quantitative estimate of drug-likeness (QED) is 0.723. The molecule has 0 aliphatic heterocycles. The fourth-order valence-corrected chi connectivity index (χ4v) is 3.76. The van der Waals surface area contributed by atoms with Gasteiger partial charge in [-0.2, -0.15) is 0 Å². The number of nitrogens with one attached hydrogen (secondary N) is 1. The van der Waals surface area contributed by atoms with Gasteiger partial charge in [0.25, 0.3) is 5.91 Å². The van der Waals surface area contributed by atoms with Crippen LogP contribution < -0.4 is 10.1 Å². The molecule has 0 atom stereocenters. The van der Waals surface area contributed by atoms with Crippen LogP contribution >= 0.6 is 15.9 Å². The maximum Gasteiger partial charge on any atom is 0.255 e. The van der Waals surface area contributed by atoms with Crippen molar-refractivity contribution in [3.8, 4) is 5.75 Å². The summed E-state index contributed by atoms with van der Waals surface area (Å²) >= 11 is 3.45. The second-order valence-electron chi connectivity index (χ2n) is 8.20. The molecule has 1 N–H and O–H groups in total. The molecule has 1 amide bonds. The van der Waals surface area contributed by atoms with Crippen molar-refractivity contribution in [2.75, 3.05) is 0 Å². The summed E-state index contributed by atoms with van der Waals surface area (Å²) in [6.07, 6.45) is 4.52. The lowest BCUT2D eigenvalue weighted by Crippen LogP contribution is -2.39. The Morgan fingerprint density at radius 1 is 1.21 bits per heavy atom. The highest BCUT2D eigenvalue weighted by Gasteiger charge is 2.30. The van der Waals surface area contributed by atoms with E-state index in [2.05, 4.69) is 42.0 Å². The standard InChI is InChI=1S/C20H30BrNO2/c1-13(2)24-18-11-8-15(21)12-17(18)19(23)22-16-9-6-14(7-10-16)20(3,4)5/h8,11-14,16H,6-7,9-10H2,1-5H3,(H,22,23). The molecule has 3 nitrogen and oxygen atoms in total. The van der Waals surface area contributed by atoms with Crippen LogP contribution in [0.5, 0.6) is 5.75 Å². The largest absolute Gasteiger partial charge is 0.490 e. The molecule has 1 aliphatic carbocycles. The summed E-state index contributed by atoms with van der Waals surface area (Å²) in [5.41, 5.74) is 0.966. The van der Waals surface area contributed by atoms with Gasteiger partial charge in [0.05, 0.1) is 11.7 Å². The first kappa shape index (κ1) is 19.3. The molecular weight excluding hydrogens is 366 g/mol. The van der Waals surface area contributed by atoms with Crippen LogP contribution in [0.4, 0.5) is 0 Å². The van der Waals surface area contributed by atoms with E-state index in [1.807, 2.05) is 32.0 Å². The first-order valence-corrected chi connectivity index (χ1v) is 9.73. The summed E-state index contributed by atoms with van der Waals surface area (Å²) in [6, 6.07) is 5.87. The van der Waals surface area contributed by atoms with Crippen LogP contribution in [0.2, 0.25) is 0 Å². The minimum absolute atomic E-state index is 0.0360. The topological polar surface area (TPSA) is 38.3 Å². The molecule has 0 aromatic heterocycles. The molecular formula is C20H30BrNO2. The number of benzene rings is 1. The molecule has 0 radical (unpaired) electrons. The predicted molar refractivity (Wildman–Crippen MR) is 103 cm³/mol. The number of carbonyl (C=O) groups excluding carboxylic acids is 1. The van der Waals surface area contributed by atoms with E-state index in [-0.39, 0.29) is 18.1 Å². The number of hydrogen-bond acceptors (Lipinski definition) is 2. The van der Waals surface area contributed by atoms with Crippen molar-refractivity contribution in [2.24, 2.45) is 11.3 Å². The van der Waals surface area contributed by atoms with Crippen LogP contribution in [-0.2, 0) is 0 Å². The number of halogens is 1. The van der Waals surface area contributed by atoms with Crippen molar-refractivity contribution < 1.29 is 9.53 Å². The zero-order valence-corrected chi connectivity index (χ0v) is 17.1. The summed E-state index contributed by atoms with van der Waals surface area (Å²) in [7, 11) is 0. The Morgan fingerprint density at radius 2 is 1.83 bits per heavy atom. The lowest BCUT2D eigenvalue weighted by Gasteiger charge is -2.37. The average molecular weight is 396 g/mol. The van der Waals surface area contributed by atoms with Gasteiger partial charge in [0.15, 0.2) is 0 Å². The van der Waals surface area contributed by atoms with E-state index in [1.165, 1.54) is 12.8 Å². The maximum absolute atomic E-state index is 12.7. The second kappa shape index (κ2) is 7.90. The molecule has 1 fully saturated rings. The minimum atomic E-state index is -0.0360. The lowest BCUT2D eigenvalue weighted by atomic mass is 9.71. The van der Waals surface area contributed by atoms with Gasteiger partial charge in [-0.3, -0.25) is 4.79 Å². The third kappa shape index (κ3) is 5.23. The molecule has 1 saturated carbocycles. The normalized spacial score (nSPS) is 21.6. The summed E-state index contributed by atoms with van der Waals surface area (Å²) in [4.78, 5) is 12.7. The Kier molecular flexibility index (Phi) is 6.35. The number of amides is 1. The smallest absolute Gasteiger partial charge is 0.255 e. The molecule has 1 aromatic carbocycles. The fourth-order valence-electron chi connectivity index (χ4n) is 3.40. The van der Waals surface area contributed by atoms with Gasteiger partial charge in [-0.05, 0) is 69.1 Å². The van der Waals surface area contributed by atoms with Crippen molar-refractivity contribution in [3.63, 3.8) is 0 Å². The highest BCUT2D eigenvalue weighted by atomic mass is 79.9. The Hall–Kier alpha value is -1.03. The average Bonchev–Trinajstić information content (AvgIpc) is 2.48. The Morgan fingerprint density at radius 3 is 2.38 bits per heavy atom. The zero-order chi connectivity index (χ0) is 17.9. The van der Waals surface area contributed by atoms with E-state index in [1.54, 1.807) is 0 Å². The minimum Gasteiger partial charge on any atom is -0.490 e. The number of rotatable bonds is 4. The molecule has 0 spiro atoms. The van der Waals surface area contributed by atoms with E-state index >= 15 is 0 Å².